The third kappa shape index (κ3) is 4.91. The highest BCUT2D eigenvalue weighted by molar-refractivity contribution is 5.98. The molecule has 3 rings (SSSR count). The predicted octanol–water partition coefficient (Wildman–Crippen LogP) is 4.06. The number of hydrogen-bond acceptors (Lipinski definition) is 6. The highest BCUT2D eigenvalue weighted by Crippen LogP contribution is 2.33. The number of carbonyl (C=O) groups is 2. The maximum Gasteiger partial charge on any atom is 0.215 e. The molecule has 0 aromatic heterocycles. The second-order valence-corrected chi connectivity index (χ2v) is 6.80. The highest BCUT2D eigenvalue weighted by atomic mass is 16.5. The molecule has 0 spiro atoms. The Hall–Kier alpha value is -3.28. The van der Waals surface area contributed by atoms with Crippen LogP contribution in [-0.4, -0.2) is 33.0 Å². The van der Waals surface area contributed by atoms with Crippen LogP contribution in [0.1, 0.15) is 31.9 Å². The molecule has 0 saturated carbocycles. The maximum absolute atomic E-state index is 11.7. The monoisotopic (exact) mass is 384 g/mol. The van der Waals surface area contributed by atoms with Crippen molar-refractivity contribution in [2.45, 2.75) is 33.8 Å². The van der Waals surface area contributed by atoms with Gasteiger partial charge in [-0.1, -0.05) is 12.1 Å². The predicted molar refractivity (Wildman–Crippen MR) is 106 cm³/mol. The Kier molecular flexibility index (Phi) is 6.46. The lowest BCUT2D eigenvalue weighted by Crippen LogP contribution is -2.38. The van der Waals surface area contributed by atoms with E-state index in [0.29, 0.717) is 0 Å². The van der Waals surface area contributed by atoms with Gasteiger partial charge in [0, 0.05) is 0 Å². The summed E-state index contributed by atoms with van der Waals surface area (Å²) >= 11 is 0. The van der Waals surface area contributed by atoms with Crippen LogP contribution in [0, 0.1) is 12.8 Å². The maximum atomic E-state index is 11.7. The Morgan fingerprint density at radius 1 is 1.14 bits per heavy atom. The summed E-state index contributed by atoms with van der Waals surface area (Å²) in [5.74, 6) is -1.22. The normalized spacial score (nSPS) is 21.2. The summed E-state index contributed by atoms with van der Waals surface area (Å²) in [5.41, 5.74) is 2.58. The molecule has 28 heavy (non-hydrogen) atoms. The number of Topliss-reactive ketones (excluding diaryl/α,β-unsaturated/α-hetero) is 1. The summed E-state index contributed by atoms with van der Waals surface area (Å²) in [5, 5.41) is 28.3. The van der Waals surface area contributed by atoms with E-state index in [0.717, 1.165) is 16.7 Å². The number of hydrogen-bond donors (Lipinski definition) is 3. The lowest BCUT2D eigenvalue weighted by molar-refractivity contribution is -0.127. The molecular weight excluding hydrogens is 360 g/mol. The van der Waals surface area contributed by atoms with Gasteiger partial charge in [-0.15, -0.1) is 0 Å². The van der Waals surface area contributed by atoms with Crippen LogP contribution in [0.4, 0.5) is 0 Å². The summed E-state index contributed by atoms with van der Waals surface area (Å²) in [6, 6.07) is 5.21. The number of carbonyl (C=O) groups excluding carboxylic acids is 2. The fourth-order valence-corrected chi connectivity index (χ4v) is 2.86. The molecule has 3 N–H and O–H groups in total. The molecule has 1 aliphatic heterocycles. The molecule has 1 aromatic rings. The topological polar surface area (TPSA) is 104 Å². The Morgan fingerprint density at radius 3 is 2.43 bits per heavy atom. The molecule has 6 nitrogen and oxygen atoms in total. The van der Waals surface area contributed by atoms with Gasteiger partial charge < -0.3 is 20.1 Å². The van der Waals surface area contributed by atoms with Gasteiger partial charge >= 0.3 is 0 Å². The van der Waals surface area contributed by atoms with Crippen molar-refractivity contribution in [3.8, 4) is 5.75 Å². The number of phenolic OH excluding ortho intramolecular Hbond substituents is 1. The largest absolute Gasteiger partial charge is 0.511 e. The summed E-state index contributed by atoms with van der Waals surface area (Å²) in [4.78, 5) is 22.3. The average molecular weight is 384 g/mol. The molecule has 0 bridgehead atoms. The first-order valence-corrected chi connectivity index (χ1v) is 8.78. The molecule has 0 fully saturated rings. The number of aliphatic hydroxyl groups is 2. The van der Waals surface area contributed by atoms with E-state index in [9.17, 15) is 24.9 Å². The van der Waals surface area contributed by atoms with E-state index in [1.807, 2.05) is 19.9 Å². The van der Waals surface area contributed by atoms with Gasteiger partial charge in [-0.2, -0.15) is 0 Å². The van der Waals surface area contributed by atoms with Gasteiger partial charge in [0.05, 0.1) is 0 Å². The molecule has 148 valence electrons. The zero-order valence-electron chi connectivity index (χ0n) is 16.3. The zero-order valence-corrected chi connectivity index (χ0v) is 16.3. The Morgan fingerprint density at radius 2 is 1.82 bits per heavy atom. The standard InChI is InChI=1S/C11H12O4.C11H12O2/c1-5-3-7(12)9-8(4-5)15-6(2)10(13)11(9)14;1-8-7-10(4-3-9(2)12)5-6-11(8)13/h3-4,8-9,12-13H,1-2H3;3-7,13H,1-2H3/b;4-3+. The number of aliphatic hydroxyl groups excluding tert-OH is 2. The van der Waals surface area contributed by atoms with Crippen LogP contribution in [0.15, 0.2) is 59.3 Å². The molecule has 0 amide bonds. The molecule has 0 saturated heterocycles. The van der Waals surface area contributed by atoms with Gasteiger partial charge in [0.15, 0.2) is 11.5 Å². The first-order valence-electron chi connectivity index (χ1n) is 8.78. The number of benzene rings is 1. The summed E-state index contributed by atoms with van der Waals surface area (Å²) in [6.07, 6.45) is 6.01. The van der Waals surface area contributed by atoms with Gasteiger partial charge in [-0.3, -0.25) is 9.59 Å². The zero-order chi connectivity index (χ0) is 21.0. The molecule has 6 heteroatoms. The van der Waals surface area contributed by atoms with Crippen LogP contribution in [0.25, 0.3) is 6.08 Å². The molecule has 0 radical (unpaired) electrons. The second kappa shape index (κ2) is 8.61. The Balaban J connectivity index is 0.000000203. The minimum absolute atomic E-state index is 0.0192. The summed E-state index contributed by atoms with van der Waals surface area (Å²) < 4.78 is 5.35. The number of allylic oxidation sites excluding steroid dienone is 5. The SMILES string of the molecule is CC(=O)/C=C/c1ccc(O)c(C)c1.CC1=CC2OC(C)=C(O)C(=O)C2C(O)=C1. The summed E-state index contributed by atoms with van der Waals surface area (Å²) in [7, 11) is 0. The molecule has 2 aliphatic rings. The number of aromatic hydroxyl groups is 1. The quantitative estimate of drug-likeness (QED) is 0.664. The van der Waals surface area contributed by atoms with E-state index in [-0.39, 0.29) is 23.1 Å². The number of aryl methyl sites for hydroxylation is 1. The smallest absolute Gasteiger partial charge is 0.215 e. The highest BCUT2D eigenvalue weighted by Gasteiger charge is 2.41. The van der Waals surface area contributed by atoms with Crippen molar-refractivity contribution in [1.29, 1.82) is 0 Å². The van der Waals surface area contributed by atoms with Crippen molar-refractivity contribution in [2.75, 3.05) is 0 Å². The van der Waals surface area contributed by atoms with Gasteiger partial charge in [0.2, 0.25) is 5.78 Å². The number of fused-ring (bicyclic) bond motifs is 1. The van der Waals surface area contributed by atoms with Gasteiger partial charge in [0.25, 0.3) is 0 Å². The Labute approximate surface area is 163 Å². The third-order valence-corrected chi connectivity index (χ3v) is 4.34. The van der Waals surface area contributed by atoms with E-state index >= 15 is 0 Å². The third-order valence-electron chi connectivity index (χ3n) is 4.34. The second-order valence-electron chi connectivity index (χ2n) is 6.80. The average Bonchev–Trinajstić information content (AvgIpc) is 2.60. The molecular formula is C22H24O6. The molecule has 1 heterocycles. The first-order chi connectivity index (χ1) is 13.1. The van der Waals surface area contributed by atoms with Crippen LogP contribution < -0.4 is 0 Å². The van der Waals surface area contributed by atoms with Crippen molar-refractivity contribution in [3.05, 3.63) is 70.4 Å². The first kappa shape index (κ1) is 21.0. The number of phenols is 1. The van der Waals surface area contributed by atoms with Crippen molar-refractivity contribution >= 4 is 17.6 Å². The number of rotatable bonds is 2. The van der Waals surface area contributed by atoms with Crippen molar-refractivity contribution in [3.63, 3.8) is 0 Å². The molecule has 2 unspecified atom stereocenters. The Bertz CT molecular complexity index is 917. The lowest BCUT2D eigenvalue weighted by atomic mass is 9.86. The van der Waals surface area contributed by atoms with Crippen LogP contribution in [0.3, 0.4) is 0 Å². The van der Waals surface area contributed by atoms with E-state index < -0.39 is 23.6 Å². The molecule has 2 atom stereocenters. The van der Waals surface area contributed by atoms with Crippen molar-refractivity contribution < 1.29 is 29.6 Å². The minimum Gasteiger partial charge on any atom is -0.511 e. The fourth-order valence-electron chi connectivity index (χ4n) is 2.86. The fraction of sp³-hybridized carbons (Fsp3) is 0.273. The molecule has 1 aliphatic carbocycles. The van der Waals surface area contributed by atoms with Crippen LogP contribution in [-0.2, 0) is 14.3 Å². The van der Waals surface area contributed by atoms with Crippen molar-refractivity contribution in [2.24, 2.45) is 5.92 Å². The van der Waals surface area contributed by atoms with E-state index in [4.69, 9.17) is 4.74 Å². The summed E-state index contributed by atoms with van der Waals surface area (Å²) in [6.45, 7) is 6.67. The van der Waals surface area contributed by atoms with E-state index in [1.54, 1.807) is 24.3 Å². The van der Waals surface area contributed by atoms with Crippen molar-refractivity contribution in [1.82, 2.24) is 0 Å². The van der Waals surface area contributed by atoms with Crippen LogP contribution in [0.5, 0.6) is 5.75 Å². The lowest BCUT2D eigenvalue weighted by Gasteiger charge is -2.31. The molecule has 1 aromatic carbocycles. The number of ketones is 2. The van der Waals surface area contributed by atoms with E-state index in [2.05, 4.69) is 0 Å². The number of ether oxygens (including phenoxy) is 1. The van der Waals surface area contributed by atoms with Crippen LogP contribution >= 0.6 is 0 Å². The minimum atomic E-state index is -0.794. The van der Waals surface area contributed by atoms with Gasteiger partial charge in [0.1, 0.15) is 29.3 Å². The van der Waals surface area contributed by atoms with Crippen LogP contribution in [0.2, 0.25) is 0 Å². The van der Waals surface area contributed by atoms with E-state index in [1.165, 1.54) is 26.0 Å². The van der Waals surface area contributed by atoms with Gasteiger partial charge in [-0.05, 0) is 74.8 Å². The van der Waals surface area contributed by atoms with Gasteiger partial charge in [-0.25, -0.2) is 0 Å².